The minimum absolute atomic E-state index is 0.0599. The number of hydrogen-bond acceptors (Lipinski definition) is 5. The van der Waals surface area contributed by atoms with Gasteiger partial charge in [0.15, 0.2) is 0 Å². The fourth-order valence-electron chi connectivity index (χ4n) is 4.46. The van der Waals surface area contributed by atoms with E-state index in [0.717, 1.165) is 16.9 Å². The van der Waals surface area contributed by atoms with E-state index in [1.807, 2.05) is 66.4 Å². The van der Waals surface area contributed by atoms with Crippen molar-refractivity contribution in [1.29, 1.82) is 0 Å². The zero-order valence-corrected chi connectivity index (χ0v) is 19.1. The SMILES string of the molecule is COC(=O)CN(c1ccccc1)C1CC(C)N(C(=O)c2ccc(OC)cc2)c2ccccc21. The van der Waals surface area contributed by atoms with Gasteiger partial charge in [-0.3, -0.25) is 9.59 Å². The van der Waals surface area contributed by atoms with E-state index in [9.17, 15) is 9.59 Å². The first kappa shape index (κ1) is 22.4. The van der Waals surface area contributed by atoms with E-state index in [-0.39, 0.29) is 30.5 Å². The van der Waals surface area contributed by atoms with Crippen LogP contribution >= 0.6 is 0 Å². The molecule has 3 aromatic rings. The number of esters is 1. The molecular weight excluding hydrogens is 416 g/mol. The molecular formula is C27H28N2O4. The van der Waals surface area contributed by atoms with Gasteiger partial charge in [0, 0.05) is 23.0 Å². The number of carbonyl (C=O) groups excluding carboxylic acids is 2. The number of amides is 1. The first-order chi connectivity index (χ1) is 16.0. The van der Waals surface area contributed by atoms with Crippen molar-refractivity contribution in [2.45, 2.75) is 25.4 Å². The molecule has 170 valence electrons. The van der Waals surface area contributed by atoms with E-state index in [0.29, 0.717) is 17.7 Å². The first-order valence-corrected chi connectivity index (χ1v) is 11.0. The van der Waals surface area contributed by atoms with Crippen molar-refractivity contribution in [2.24, 2.45) is 0 Å². The van der Waals surface area contributed by atoms with Crippen LogP contribution in [0.4, 0.5) is 11.4 Å². The number of carbonyl (C=O) groups is 2. The van der Waals surface area contributed by atoms with E-state index in [4.69, 9.17) is 9.47 Å². The Bertz CT molecular complexity index is 1110. The summed E-state index contributed by atoms with van der Waals surface area (Å²) >= 11 is 0. The molecule has 0 saturated carbocycles. The minimum atomic E-state index is -0.305. The van der Waals surface area contributed by atoms with Crippen molar-refractivity contribution in [2.75, 3.05) is 30.6 Å². The average molecular weight is 445 g/mol. The van der Waals surface area contributed by atoms with Gasteiger partial charge in [-0.05, 0) is 61.4 Å². The summed E-state index contributed by atoms with van der Waals surface area (Å²) in [5.41, 5.74) is 3.40. The topological polar surface area (TPSA) is 59.1 Å². The average Bonchev–Trinajstić information content (AvgIpc) is 2.87. The predicted molar refractivity (Wildman–Crippen MR) is 129 cm³/mol. The number of para-hydroxylation sites is 2. The van der Waals surface area contributed by atoms with Gasteiger partial charge < -0.3 is 19.3 Å². The fourth-order valence-corrected chi connectivity index (χ4v) is 4.46. The Morgan fingerprint density at radius 3 is 2.27 bits per heavy atom. The summed E-state index contributed by atoms with van der Waals surface area (Å²) in [6.45, 7) is 2.17. The van der Waals surface area contributed by atoms with Gasteiger partial charge in [-0.2, -0.15) is 0 Å². The van der Waals surface area contributed by atoms with Crippen molar-refractivity contribution in [3.63, 3.8) is 0 Å². The molecule has 1 amide bonds. The summed E-state index contributed by atoms with van der Waals surface area (Å²) in [7, 11) is 3.00. The summed E-state index contributed by atoms with van der Waals surface area (Å²) in [4.78, 5) is 29.8. The molecule has 0 spiro atoms. The van der Waals surface area contributed by atoms with Crippen LogP contribution in [0.5, 0.6) is 5.75 Å². The maximum atomic E-state index is 13.5. The second-order valence-electron chi connectivity index (χ2n) is 8.10. The van der Waals surface area contributed by atoms with Crippen LogP contribution < -0.4 is 14.5 Å². The number of hydrogen-bond donors (Lipinski definition) is 0. The lowest BCUT2D eigenvalue weighted by atomic mass is 9.89. The zero-order valence-electron chi connectivity index (χ0n) is 19.1. The molecule has 1 aliphatic rings. The maximum absolute atomic E-state index is 13.5. The molecule has 0 aliphatic carbocycles. The molecule has 0 fully saturated rings. The Balaban J connectivity index is 1.74. The summed E-state index contributed by atoms with van der Waals surface area (Å²) in [6.07, 6.45) is 0.671. The first-order valence-electron chi connectivity index (χ1n) is 11.0. The molecule has 0 saturated heterocycles. The van der Waals surface area contributed by atoms with Crippen LogP contribution in [0, 0.1) is 0 Å². The number of ether oxygens (including phenoxy) is 2. The number of fused-ring (bicyclic) bond motifs is 1. The van der Waals surface area contributed by atoms with Gasteiger partial charge in [0.1, 0.15) is 12.3 Å². The van der Waals surface area contributed by atoms with E-state index in [1.54, 1.807) is 31.4 Å². The monoisotopic (exact) mass is 444 g/mol. The van der Waals surface area contributed by atoms with Crippen LogP contribution in [0.15, 0.2) is 78.9 Å². The van der Waals surface area contributed by atoms with Crippen molar-refractivity contribution >= 4 is 23.3 Å². The van der Waals surface area contributed by atoms with E-state index in [2.05, 4.69) is 4.90 Å². The van der Waals surface area contributed by atoms with E-state index < -0.39 is 0 Å². The zero-order chi connectivity index (χ0) is 23.4. The van der Waals surface area contributed by atoms with Gasteiger partial charge in [0.25, 0.3) is 5.91 Å². The molecule has 0 radical (unpaired) electrons. The number of nitrogens with zero attached hydrogens (tertiary/aromatic N) is 2. The van der Waals surface area contributed by atoms with Crippen LogP contribution in [-0.4, -0.2) is 38.7 Å². The van der Waals surface area contributed by atoms with Gasteiger partial charge in [-0.25, -0.2) is 0 Å². The van der Waals surface area contributed by atoms with Gasteiger partial charge >= 0.3 is 5.97 Å². The normalized spacial score (nSPS) is 17.1. The lowest BCUT2D eigenvalue weighted by molar-refractivity contribution is -0.139. The number of rotatable bonds is 6. The third kappa shape index (κ3) is 4.55. The molecule has 6 nitrogen and oxygen atoms in total. The summed E-state index contributed by atoms with van der Waals surface area (Å²) < 4.78 is 10.2. The molecule has 33 heavy (non-hydrogen) atoms. The highest BCUT2D eigenvalue weighted by molar-refractivity contribution is 6.07. The Kier molecular flexibility index (Phi) is 6.63. The molecule has 0 bridgehead atoms. The number of anilines is 2. The lowest BCUT2D eigenvalue weighted by Gasteiger charge is -2.44. The van der Waals surface area contributed by atoms with Crippen LogP contribution in [0.3, 0.4) is 0 Å². The highest BCUT2D eigenvalue weighted by Crippen LogP contribution is 2.42. The highest BCUT2D eigenvalue weighted by atomic mass is 16.5. The minimum Gasteiger partial charge on any atom is -0.497 e. The maximum Gasteiger partial charge on any atom is 0.325 e. The van der Waals surface area contributed by atoms with E-state index in [1.165, 1.54) is 7.11 Å². The standard InChI is InChI=1S/C27H28N2O4/c1-19-17-25(28(18-26(30)33-3)21-9-5-4-6-10-21)23-11-7-8-12-24(23)29(19)27(31)20-13-15-22(32-2)16-14-20/h4-16,19,25H,17-18H2,1-3H3. The summed E-state index contributed by atoms with van der Waals surface area (Å²) in [6, 6.07) is 24.8. The summed E-state index contributed by atoms with van der Waals surface area (Å²) in [5.74, 6) is 0.344. The Labute approximate surface area is 194 Å². The largest absolute Gasteiger partial charge is 0.497 e. The molecule has 2 unspecified atom stereocenters. The quantitative estimate of drug-likeness (QED) is 0.509. The fraction of sp³-hybridized carbons (Fsp3) is 0.259. The Morgan fingerprint density at radius 2 is 1.61 bits per heavy atom. The van der Waals surface area contributed by atoms with Crippen molar-refractivity contribution < 1.29 is 19.1 Å². The predicted octanol–water partition coefficient (Wildman–Crippen LogP) is 4.85. The van der Waals surface area contributed by atoms with Crippen molar-refractivity contribution in [3.8, 4) is 5.75 Å². The molecule has 1 aliphatic heterocycles. The van der Waals surface area contributed by atoms with Crippen LogP contribution in [0.2, 0.25) is 0 Å². The van der Waals surface area contributed by atoms with Crippen LogP contribution in [0.25, 0.3) is 0 Å². The second kappa shape index (κ2) is 9.77. The number of benzene rings is 3. The molecule has 4 rings (SSSR count). The van der Waals surface area contributed by atoms with Gasteiger partial charge in [-0.15, -0.1) is 0 Å². The third-order valence-corrected chi connectivity index (χ3v) is 6.11. The molecule has 1 heterocycles. The Hall–Kier alpha value is -3.80. The summed E-state index contributed by atoms with van der Waals surface area (Å²) in [5, 5.41) is 0. The van der Waals surface area contributed by atoms with Crippen LogP contribution in [0.1, 0.15) is 35.3 Å². The van der Waals surface area contributed by atoms with Crippen molar-refractivity contribution in [1.82, 2.24) is 0 Å². The van der Waals surface area contributed by atoms with Gasteiger partial charge in [0.05, 0.1) is 20.3 Å². The Morgan fingerprint density at radius 1 is 0.939 bits per heavy atom. The lowest BCUT2D eigenvalue weighted by Crippen LogP contribution is -2.47. The highest BCUT2D eigenvalue weighted by Gasteiger charge is 2.37. The van der Waals surface area contributed by atoms with Crippen molar-refractivity contribution in [3.05, 3.63) is 90.0 Å². The van der Waals surface area contributed by atoms with E-state index >= 15 is 0 Å². The number of methoxy groups -OCH3 is 2. The molecule has 0 N–H and O–H groups in total. The molecule has 6 heteroatoms. The van der Waals surface area contributed by atoms with Gasteiger partial charge in [-0.1, -0.05) is 36.4 Å². The molecule has 0 aromatic heterocycles. The smallest absolute Gasteiger partial charge is 0.325 e. The third-order valence-electron chi connectivity index (χ3n) is 6.11. The molecule has 2 atom stereocenters. The van der Waals surface area contributed by atoms with Crippen LogP contribution in [-0.2, 0) is 9.53 Å². The molecule has 3 aromatic carbocycles. The second-order valence-corrected chi connectivity index (χ2v) is 8.10. The van der Waals surface area contributed by atoms with Gasteiger partial charge in [0.2, 0.25) is 0 Å².